The summed E-state index contributed by atoms with van der Waals surface area (Å²) in [6.45, 7) is 5.85. The SMILES string of the molecule is CN(CC(=O)NC(C)(C)C)C(=O)[C@H]1C[C@@H]1c1cccc(Cl)c1. The number of carbonyl (C=O) groups is 2. The number of likely N-dealkylation sites (N-methyl/N-ethyl adjacent to an activating group) is 1. The fourth-order valence-electron chi connectivity index (χ4n) is 2.61. The van der Waals surface area contributed by atoms with Crippen molar-refractivity contribution < 1.29 is 9.59 Å². The lowest BCUT2D eigenvalue weighted by Gasteiger charge is -2.23. The predicted molar refractivity (Wildman–Crippen MR) is 87.8 cm³/mol. The highest BCUT2D eigenvalue weighted by Gasteiger charge is 2.45. The fraction of sp³-hybridized carbons (Fsp3) is 0.529. The van der Waals surface area contributed by atoms with E-state index in [2.05, 4.69) is 5.32 Å². The number of amides is 2. The summed E-state index contributed by atoms with van der Waals surface area (Å²) in [5, 5.41) is 3.55. The van der Waals surface area contributed by atoms with Gasteiger partial charge in [-0.3, -0.25) is 9.59 Å². The summed E-state index contributed by atoms with van der Waals surface area (Å²) in [6, 6.07) is 7.63. The van der Waals surface area contributed by atoms with Gasteiger partial charge in [0.15, 0.2) is 0 Å². The van der Waals surface area contributed by atoms with Gasteiger partial charge in [-0.05, 0) is 50.8 Å². The standard InChI is InChI=1S/C17H23ClN2O2/c1-17(2,3)19-15(21)10-20(4)16(22)14-9-13(14)11-6-5-7-12(18)8-11/h5-8,13-14H,9-10H2,1-4H3,(H,19,21)/t13-,14+/m1/s1. The number of hydrogen-bond donors (Lipinski definition) is 1. The van der Waals surface area contributed by atoms with E-state index in [0.717, 1.165) is 12.0 Å². The van der Waals surface area contributed by atoms with Gasteiger partial charge in [0.25, 0.3) is 0 Å². The number of carbonyl (C=O) groups excluding carboxylic acids is 2. The van der Waals surface area contributed by atoms with Gasteiger partial charge >= 0.3 is 0 Å². The third-order valence-electron chi connectivity index (χ3n) is 3.66. The first-order chi connectivity index (χ1) is 10.2. The minimum absolute atomic E-state index is 0.0223. The molecule has 2 amide bonds. The molecule has 1 aromatic rings. The summed E-state index contributed by atoms with van der Waals surface area (Å²) >= 11 is 5.99. The molecule has 1 aliphatic rings. The Balaban J connectivity index is 1.89. The molecule has 1 N–H and O–H groups in total. The zero-order valence-electron chi connectivity index (χ0n) is 13.5. The highest BCUT2D eigenvalue weighted by atomic mass is 35.5. The van der Waals surface area contributed by atoms with Gasteiger partial charge in [-0.2, -0.15) is 0 Å². The number of rotatable bonds is 4. The van der Waals surface area contributed by atoms with Crippen molar-refractivity contribution in [3.63, 3.8) is 0 Å². The maximum Gasteiger partial charge on any atom is 0.240 e. The molecule has 1 aromatic carbocycles. The second kappa shape index (κ2) is 6.29. The van der Waals surface area contributed by atoms with E-state index >= 15 is 0 Å². The first-order valence-electron chi connectivity index (χ1n) is 7.49. The number of nitrogens with one attached hydrogen (secondary N) is 1. The van der Waals surface area contributed by atoms with Crippen molar-refractivity contribution in [1.29, 1.82) is 0 Å². The highest BCUT2D eigenvalue weighted by Crippen LogP contribution is 2.48. The van der Waals surface area contributed by atoms with E-state index in [0.29, 0.717) is 5.02 Å². The molecule has 0 radical (unpaired) electrons. The van der Waals surface area contributed by atoms with Crippen molar-refractivity contribution >= 4 is 23.4 Å². The third kappa shape index (κ3) is 4.47. The Morgan fingerprint density at radius 2 is 2.05 bits per heavy atom. The Morgan fingerprint density at radius 3 is 2.64 bits per heavy atom. The van der Waals surface area contributed by atoms with Gasteiger partial charge in [0.05, 0.1) is 6.54 Å². The summed E-state index contributed by atoms with van der Waals surface area (Å²) in [6.07, 6.45) is 0.824. The second-order valence-corrected chi connectivity index (χ2v) is 7.43. The zero-order chi connectivity index (χ0) is 16.5. The van der Waals surface area contributed by atoms with E-state index in [-0.39, 0.29) is 35.7 Å². The molecule has 0 bridgehead atoms. The van der Waals surface area contributed by atoms with Crippen LogP contribution in [0.25, 0.3) is 0 Å². The maximum absolute atomic E-state index is 12.4. The van der Waals surface area contributed by atoms with Crippen molar-refractivity contribution in [2.75, 3.05) is 13.6 Å². The van der Waals surface area contributed by atoms with Crippen LogP contribution in [-0.2, 0) is 9.59 Å². The van der Waals surface area contributed by atoms with Crippen molar-refractivity contribution in [2.24, 2.45) is 5.92 Å². The maximum atomic E-state index is 12.4. The molecule has 22 heavy (non-hydrogen) atoms. The van der Waals surface area contributed by atoms with Crippen molar-refractivity contribution in [3.05, 3.63) is 34.9 Å². The van der Waals surface area contributed by atoms with Gasteiger partial charge in [-0.15, -0.1) is 0 Å². The molecule has 2 atom stereocenters. The zero-order valence-corrected chi connectivity index (χ0v) is 14.3. The Morgan fingerprint density at radius 1 is 1.36 bits per heavy atom. The lowest BCUT2D eigenvalue weighted by Crippen LogP contribution is -2.46. The van der Waals surface area contributed by atoms with Gasteiger partial charge in [-0.1, -0.05) is 23.7 Å². The molecule has 0 aromatic heterocycles. The molecule has 4 nitrogen and oxygen atoms in total. The largest absolute Gasteiger partial charge is 0.350 e. The van der Waals surface area contributed by atoms with Crippen LogP contribution in [0.1, 0.15) is 38.7 Å². The van der Waals surface area contributed by atoms with Crippen LogP contribution in [0.4, 0.5) is 0 Å². The molecule has 1 fully saturated rings. The molecule has 0 aliphatic heterocycles. The van der Waals surface area contributed by atoms with Gasteiger partial charge in [0.1, 0.15) is 0 Å². The Labute approximate surface area is 136 Å². The van der Waals surface area contributed by atoms with Crippen molar-refractivity contribution in [3.8, 4) is 0 Å². The van der Waals surface area contributed by atoms with Crippen molar-refractivity contribution in [1.82, 2.24) is 10.2 Å². The first-order valence-corrected chi connectivity index (χ1v) is 7.86. The lowest BCUT2D eigenvalue weighted by molar-refractivity contribution is -0.136. The summed E-state index contributed by atoms with van der Waals surface area (Å²) < 4.78 is 0. The molecule has 120 valence electrons. The van der Waals surface area contributed by atoms with E-state index in [1.54, 1.807) is 7.05 Å². The summed E-state index contributed by atoms with van der Waals surface area (Å²) in [5.41, 5.74) is 0.808. The fourth-order valence-corrected chi connectivity index (χ4v) is 2.81. The van der Waals surface area contributed by atoms with Crippen LogP contribution in [0.2, 0.25) is 5.02 Å². The monoisotopic (exact) mass is 322 g/mol. The molecule has 0 heterocycles. The minimum Gasteiger partial charge on any atom is -0.350 e. The Kier molecular flexibility index (Phi) is 4.81. The molecule has 0 unspecified atom stereocenters. The smallest absolute Gasteiger partial charge is 0.240 e. The first kappa shape index (κ1) is 16.8. The van der Waals surface area contributed by atoms with E-state index in [4.69, 9.17) is 11.6 Å². The normalized spacial score (nSPS) is 20.4. The van der Waals surface area contributed by atoms with E-state index in [1.165, 1.54) is 4.90 Å². The lowest BCUT2D eigenvalue weighted by atomic mass is 10.1. The van der Waals surface area contributed by atoms with Gasteiger partial charge in [0.2, 0.25) is 11.8 Å². The molecular weight excluding hydrogens is 300 g/mol. The quantitative estimate of drug-likeness (QED) is 0.926. The molecule has 1 aliphatic carbocycles. The molecule has 0 spiro atoms. The third-order valence-corrected chi connectivity index (χ3v) is 3.89. The summed E-state index contributed by atoms with van der Waals surface area (Å²) in [5.74, 6) is 0.0718. The van der Waals surface area contributed by atoms with Crippen LogP contribution in [0.15, 0.2) is 24.3 Å². The molecule has 5 heteroatoms. The predicted octanol–water partition coefficient (Wildman–Crippen LogP) is 2.82. The van der Waals surface area contributed by atoms with Crippen LogP contribution in [0.3, 0.4) is 0 Å². The van der Waals surface area contributed by atoms with Crippen LogP contribution < -0.4 is 5.32 Å². The molecular formula is C17H23ClN2O2. The molecule has 0 saturated heterocycles. The number of halogens is 1. The van der Waals surface area contributed by atoms with Crippen LogP contribution >= 0.6 is 11.6 Å². The van der Waals surface area contributed by atoms with Crippen LogP contribution in [0.5, 0.6) is 0 Å². The number of hydrogen-bond acceptors (Lipinski definition) is 2. The van der Waals surface area contributed by atoms with Gasteiger partial charge < -0.3 is 10.2 Å². The number of benzene rings is 1. The molecule has 2 rings (SSSR count). The van der Waals surface area contributed by atoms with Crippen molar-refractivity contribution in [2.45, 2.75) is 38.6 Å². The summed E-state index contributed by atoms with van der Waals surface area (Å²) in [4.78, 5) is 25.8. The summed E-state index contributed by atoms with van der Waals surface area (Å²) in [7, 11) is 1.68. The topological polar surface area (TPSA) is 49.4 Å². The second-order valence-electron chi connectivity index (χ2n) is 7.00. The number of nitrogens with zero attached hydrogens (tertiary/aromatic N) is 1. The minimum atomic E-state index is -0.288. The van der Waals surface area contributed by atoms with Gasteiger partial charge in [0, 0.05) is 23.5 Å². The Bertz CT molecular complexity index is 580. The average molecular weight is 323 g/mol. The van der Waals surface area contributed by atoms with E-state index in [1.807, 2.05) is 45.0 Å². The Hall–Kier alpha value is -1.55. The molecule has 1 saturated carbocycles. The van der Waals surface area contributed by atoms with E-state index in [9.17, 15) is 9.59 Å². The van der Waals surface area contributed by atoms with Crippen LogP contribution in [0, 0.1) is 5.92 Å². The van der Waals surface area contributed by atoms with E-state index < -0.39 is 0 Å². The average Bonchev–Trinajstić information content (AvgIpc) is 3.15. The van der Waals surface area contributed by atoms with Gasteiger partial charge in [-0.25, -0.2) is 0 Å². The highest BCUT2D eigenvalue weighted by molar-refractivity contribution is 6.30. The van der Waals surface area contributed by atoms with Crippen LogP contribution in [-0.4, -0.2) is 35.8 Å².